The molecule has 2 aromatic rings. The molecule has 0 bridgehead atoms. The molecule has 7 heteroatoms. The van der Waals surface area contributed by atoms with Gasteiger partial charge in [0, 0.05) is 17.1 Å². The number of alkyl halides is 3. The maximum atomic E-state index is 12.6. The summed E-state index contributed by atoms with van der Waals surface area (Å²) in [6.45, 7) is 0.757. The van der Waals surface area contributed by atoms with E-state index < -0.39 is 17.6 Å². The van der Waals surface area contributed by atoms with Crippen LogP contribution in [0.15, 0.2) is 48.5 Å². The number of nitrogens with one attached hydrogen (secondary N) is 1. The Bertz CT molecular complexity index is 704. The molecule has 0 heterocycles. The summed E-state index contributed by atoms with van der Waals surface area (Å²) in [7, 11) is 0. The van der Waals surface area contributed by atoms with Crippen LogP contribution in [0.4, 0.5) is 13.2 Å². The summed E-state index contributed by atoms with van der Waals surface area (Å²) < 4.78 is 43.2. The van der Waals surface area contributed by atoms with Crippen molar-refractivity contribution in [1.82, 2.24) is 5.32 Å². The topological polar surface area (TPSA) is 38.3 Å². The van der Waals surface area contributed by atoms with Crippen LogP contribution in [-0.2, 0) is 17.5 Å². The lowest BCUT2D eigenvalue weighted by Gasteiger charge is -2.09. The van der Waals surface area contributed by atoms with Crippen molar-refractivity contribution in [3.05, 3.63) is 70.2 Å². The molecule has 1 amide bonds. The van der Waals surface area contributed by atoms with E-state index in [1.54, 1.807) is 18.2 Å². The molecular weight excluding hydrogens is 343 g/mol. The first kappa shape index (κ1) is 18.3. The van der Waals surface area contributed by atoms with Gasteiger partial charge < -0.3 is 10.1 Å². The quantitative estimate of drug-likeness (QED) is 0.782. The highest BCUT2D eigenvalue weighted by Crippen LogP contribution is 2.29. The third kappa shape index (κ3) is 5.54. The molecule has 0 spiro atoms. The maximum Gasteiger partial charge on any atom is 0.416 e. The van der Waals surface area contributed by atoms with Crippen molar-refractivity contribution in [2.75, 3.05) is 13.2 Å². The SMILES string of the molecule is O=C(NCCOCc1cccc(Cl)c1)c1cccc(C(F)(F)F)c1. The molecule has 0 aromatic heterocycles. The van der Waals surface area contributed by atoms with Gasteiger partial charge >= 0.3 is 6.18 Å². The number of benzene rings is 2. The third-order valence-corrected chi connectivity index (χ3v) is 3.38. The lowest BCUT2D eigenvalue weighted by Crippen LogP contribution is -2.27. The van der Waals surface area contributed by atoms with Crippen molar-refractivity contribution in [2.24, 2.45) is 0 Å². The van der Waals surface area contributed by atoms with Gasteiger partial charge in [-0.2, -0.15) is 13.2 Å². The molecule has 128 valence electrons. The molecule has 0 fully saturated rings. The Kier molecular flexibility index (Phi) is 6.23. The largest absolute Gasteiger partial charge is 0.416 e. The fourth-order valence-electron chi connectivity index (χ4n) is 1.99. The fraction of sp³-hybridized carbons (Fsp3) is 0.235. The number of hydrogen-bond acceptors (Lipinski definition) is 2. The number of amides is 1. The highest BCUT2D eigenvalue weighted by molar-refractivity contribution is 6.30. The van der Waals surface area contributed by atoms with Gasteiger partial charge in [0.2, 0.25) is 0 Å². The van der Waals surface area contributed by atoms with E-state index in [-0.39, 0.29) is 18.7 Å². The Morgan fingerprint density at radius 1 is 1.12 bits per heavy atom. The first-order valence-electron chi connectivity index (χ1n) is 7.14. The molecule has 0 aliphatic heterocycles. The lowest BCUT2D eigenvalue weighted by atomic mass is 10.1. The minimum Gasteiger partial charge on any atom is -0.375 e. The molecule has 0 aliphatic rings. The predicted octanol–water partition coefficient (Wildman–Crippen LogP) is 4.31. The van der Waals surface area contributed by atoms with Crippen molar-refractivity contribution < 1.29 is 22.7 Å². The van der Waals surface area contributed by atoms with Gasteiger partial charge in [-0.25, -0.2) is 0 Å². The molecular formula is C17H15ClF3NO2. The summed E-state index contributed by atoms with van der Waals surface area (Å²) in [6, 6.07) is 11.4. The lowest BCUT2D eigenvalue weighted by molar-refractivity contribution is -0.137. The zero-order valence-electron chi connectivity index (χ0n) is 12.6. The van der Waals surface area contributed by atoms with Crippen LogP contribution in [0.1, 0.15) is 21.5 Å². The Morgan fingerprint density at radius 3 is 2.58 bits per heavy atom. The number of rotatable bonds is 6. The van der Waals surface area contributed by atoms with Crippen LogP contribution < -0.4 is 5.32 Å². The van der Waals surface area contributed by atoms with Crippen LogP contribution in [0.5, 0.6) is 0 Å². The Hall–Kier alpha value is -2.05. The normalized spacial score (nSPS) is 11.3. The fourth-order valence-corrected chi connectivity index (χ4v) is 2.21. The van der Waals surface area contributed by atoms with Gasteiger partial charge in [-0.15, -0.1) is 0 Å². The van der Waals surface area contributed by atoms with Gasteiger partial charge in [-0.1, -0.05) is 29.8 Å². The Balaban J connectivity index is 1.77. The van der Waals surface area contributed by atoms with E-state index in [9.17, 15) is 18.0 Å². The zero-order chi connectivity index (χ0) is 17.6. The minimum absolute atomic E-state index is 0.0420. The van der Waals surface area contributed by atoms with Gasteiger partial charge in [-0.3, -0.25) is 4.79 Å². The molecule has 0 radical (unpaired) electrons. The van der Waals surface area contributed by atoms with Crippen molar-refractivity contribution >= 4 is 17.5 Å². The predicted molar refractivity (Wildman–Crippen MR) is 84.9 cm³/mol. The van der Waals surface area contributed by atoms with Gasteiger partial charge in [0.05, 0.1) is 18.8 Å². The zero-order valence-corrected chi connectivity index (χ0v) is 13.3. The minimum atomic E-state index is -4.48. The Morgan fingerprint density at radius 2 is 1.88 bits per heavy atom. The van der Waals surface area contributed by atoms with E-state index in [1.807, 2.05) is 6.07 Å². The summed E-state index contributed by atoms with van der Waals surface area (Å²) in [5.74, 6) is -0.576. The molecule has 0 aliphatic carbocycles. The molecule has 0 unspecified atom stereocenters. The number of ether oxygens (including phenoxy) is 1. The smallest absolute Gasteiger partial charge is 0.375 e. The van der Waals surface area contributed by atoms with Gasteiger partial charge in [0.25, 0.3) is 5.91 Å². The second-order valence-corrected chi connectivity index (χ2v) is 5.45. The van der Waals surface area contributed by atoms with Gasteiger partial charge in [0.1, 0.15) is 0 Å². The molecule has 24 heavy (non-hydrogen) atoms. The van der Waals surface area contributed by atoms with Crippen LogP contribution in [0, 0.1) is 0 Å². The van der Waals surface area contributed by atoms with E-state index >= 15 is 0 Å². The van der Waals surface area contributed by atoms with Crippen molar-refractivity contribution in [3.8, 4) is 0 Å². The number of carbonyl (C=O) groups is 1. The average Bonchev–Trinajstić information content (AvgIpc) is 2.54. The van der Waals surface area contributed by atoms with Crippen LogP contribution in [0.25, 0.3) is 0 Å². The molecule has 3 nitrogen and oxygen atoms in total. The molecule has 1 N–H and O–H groups in total. The van der Waals surface area contributed by atoms with Crippen molar-refractivity contribution in [1.29, 1.82) is 0 Å². The van der Waals surface area contributed by atoms with Crippen molar-refractivity contribution in [3.63, 3.8) is 0 Å². The Labute approximate surface area is 142 Å². The van der Waals surface area contributed by atoms with E-state index in [0.717, 1.165) is 17.7 Å². The van der Waals surface area contributed by atoms with E-state index in [1.165, 1.54) is 12.1 Å². The van der Waals surface area contributed by atoms with Crippen LogP contribution in [-0.4, -0.2) is 19.1 Å². The number of halogens is 4. The maximum absolute atomic E-state index is 12.6. The summed E-state index contributed by atoms with van der Waals surface area (Å²) in [5, 5.41) is 3.12. The molecule has 0 saturated heterocycles. The second-order valence-electron chi connectivity index (χ2n) is 5.02. The average molecular weight is 358 g/mol. The summed E-state index contributed by atoms with van der Waals surface area (Å²) in [6.07, 6.45) is -4.48. The van der Waals surface area contributed by atoms with Crippen LogP contribution in [0.3, 0.4) is 0 Å². The first-order chi connectivity index (χ1) is 11.4. The second kappa shape index (κ2) is 8.17. The highest BCUT2D eigenvalue weighted by Gasteiger charge is 2.30. The first-order valence-corrected chi connectivity index (χ1v) is 7.52. The molecule has 2 aromatic carbocycles. The van der Waals surface area contributed by atoms with E-state index in [0.29, 0.717) is 11.6 Å². The summed E-state index contributed by atoms with van der Waals surface area (Å²) >= 11 is 5.85. The highest BCUT2D eigenvalue weighted by atomic mass is 35.5. The van der Waals surface area contributed by atoms with E-state index in [2.05, 4.69) is 5.32 Å². The molecule has 0 atom stereocenters. The standard InChI is InChI=1S/C17H15ClF3NO2/c18-15-6-1-3-12(9-15)11-24-8-7-22-16(23)13-4-2-5-14(10-13)17(19,20)21/h1-6,9-10H,7-8,11H2,(H,22,23). The van der Waals surface area contributed by atoms with Gasteiger partial charge in [-0.05, 0) is 35.9 Å². The number of carbonyl (C=O) groups excluding carboxylic acids is 1. The van der Waals surface area contributed by atoms with Crippen LogP contribution >= 0.6 is 11.6 Å². The molecule has 2 rings (SSSR count). The van der Waals surface area contributed by atoms with Crippen molar-refractivity contribution in [2.45, 2.75) is 12.8 Å². The van der Waals surface area contributed by atoms with E-state index in [4.69, 9.17) is 16.3 Å². The van der Waals surface area contributed by atoms with Crippen LogP contribution in [0.2, 0.25) is 5.02 Å². The molecule has 0 saturated carbocycles. The monoisotopic (exact) mass is 357 g/mol. The number of hydrogen-bond donors (Lipinski definition) is 1. The summed E-state index contributed by atoms with van der Waals surface area (Å²) in [4.78, 5) is 11.9. The van der Waals surface area contributed by atoms with Gasteiger partial charge in [0.15, 0.2) is 0 Å². The third-order valence-electron chi connectivity index (χ3n) is 3.14. The summed E-state index contributed by atoms with van der Waals surface area (Å²) in [5.41, 5.74) is -0.00118.